The van der Waals surface area contributed by atoms with Crippen molar-refractivity contribution >= 4 is 5.91 Å². The van der Waals surface area contributed by atoms with E-state index in [2.05, 4.69) is 10.2 Å². The third-order valence-electron chi connectivity index (χ3n) is 4.03. The van der Waals surface area contributed by atoms with E-state index in [9.17, 15) is 4.79 Å². The number of carbonyl (C=O) groups is 1. The summed E-state index contributed by atoms with van der Waals surface area (Å²) in [6.07, 6.45) is 5.30. The molecule has 0 aromatic carbocycles. The largest absolute Gasteiger partial charge is 0.378 e. The van der Waals surface area contributed by atoms with Crippen molar-refractivity contribution in [2.45, 2.75) is 57.2 Å². The highest BCUT2D eigenvalue weighted by molar-refractivity contribution is 5.77. The number of rotatable bonds is 7. The number of nitrogens with one attached hydrogen (secondary N) is 1. The molecule has 19 heavy (non-hydrogen) atoms. The van der Waals surface area contributed by atoms with E-state index in [1.54, 1.807) is 0 Å². The van der Waals surface area contributed by atoms with Crippen LogP contribution in [0, 0.1) is 0 Å². The number of amides is 1. The van der Waals surface area contributed by atoms with Gasteiger partial charge in [-0.05, 0) is 32.6 Å². The molecule has 3 N–H and O–H groups in total. The molecule has 110 valence electrons. The van der Waals surface area contributed by atoms with Crippen LogP contribution in [0.4, 0.5) is 0 Å². The Morgan fingerprint density at radius 3 is 2.58 bits per heavy atom. The second-order valence-corrected chi connectivity index (χ2v) is 5.63. The highest BCUT2D eigenvalue weighted by atomic mass is 16.5. The molecular weight excluding hydrogens is 242 g/mol. The molecule has 5 heteroatoms. The minimum atomic E-state index is 0.157. The minimum absolute atomic E-state index is 0.157. The maximum absolute atomic E-state index is 11.9. The molecular formula is C14H27N3O2. The molecule has 1 atom stereocenters. The number of nitrogens with two attached hydrogens (primary N) is 1. The highest BCUT2D eigenvalue weighted by Crippen LogP contribution is 2.20. The number of hydrogen-bond donors (Lipinski definition) is 2. The molecule has 2 fully saturated rings. The smallest absolute Gasteiger partial charge is 0.221 e. The van der Waals surface area contributed by atoms with Gasteiger partial charge in [0.05, 0.1) is 6.10 Å². The zero-order valence-corrected chi connectivity index (χ0v) is 11.9. The fraction of sp³-hybridized carbons (Fsp3) is 0.929. The summed E-state index contributed by atoms with van der Waals surface area (Å²) >= 11 is 0. The quantitative estimate of drug-likeness (QED) is 0.705. The van der Waals surface area contributed by atoms with Gasteiger partial charge in [0.2, 0.25) is 5.91 Å². The Morgan fingerprint density at radius 2 is 2.05 bits per heavy atom. The van der Waals surface area contributed by atoms with Crippen LogP contribution in [-0.2, 0) is 9.53 Å². The number of ether oxygens (including phenoxy) is 1. The van der Waals surface area contributed by atoms with Crippen LogP contribution in [0.25, 0.3) is 0 Å². The lowest BCUT2D eigenvalue weighted by Crippen LogP contribution is -2.48. The van der Waals surface area contributed by atoms with Crippen LogP contribution in [0.15, 0.2) is 0 Å². The first-order valence-electron chi connectivity index (χ1n) is 7.58. The number of piperidine rings is 1. The molecule has 0 aromatic rings. The second-order valence-electron chi connectivity index (χ2n) is 5.63. The standard InChI is InChI=1S/C14H27N3O2/c1-2-19-13-5-7-17(8-6-13)12(10-15)9-14(18)16-11-3-4-11/h11-13H,2-10,15H2,1H3,(H,16,18). The van der Waals surface area contributed by atoms with E-state index in [-0.39, 0.29) is 11.9 Å². The van der Waals surface area contributed by atoms with Crippen molar-refractivity contribution in [3.05, 3.63) is 0 Å². The van der Waals surface area contributed by atoms with E-state index in [4.69, 9.17) is 10.5 Å². The molecule has 0 aromatic heterocycles. The number of hydrogen-bond acceptors (Lipinski definition) is 4. The van der Waals surface area contributed by atoms with E-state index in [0.717, 1.165) is 45.4 Å². The van der Waals surface area contributed by atoms with E-state index in [0.29, 0.717) is 25.1 Å². The van der Waals surface area contributed by atoms with Gasteiger partial charge in [-0.25, -0.2) is 0 Å². The Bertz CT molecular complexity index is 286. The van der Waals surface area contributed by atoms with Crippen LogP contribution >= 0.6 is 0 Å². The molecule has 0 spiro atoms. The predicted molar refractivity (Wildman–Crippen MR) is 74.8 cm³/mol. The van der Waals surface area contributed by atoms with Gasteiger partial charge in [0.1, 0.15) is 0 Å². The monoisotopic (exact) mass is 269 g/mol. The van der Waals surface area contributed by atoms with Crippen molar-refractivity contribution in [2.24, 2.45) is 5.73 Å². The Labute approximate surface area is 115 Å². The van der Waals surface area contributed by atoms with Crippen LogP contribution in [-0.4, -0.2) is 55.2 Å². The first-order valence-corrected chi connectivity index (χ1v) is 7.58. The van der Waals surface area contributed by atoms with Gasteiger partial charge in [-0.3, -0.25) is 9.69 Å². The molecule has 0 radical (unpaired) electrons. The van der Waals surface area contributed by atoms with Gasteiger partial charge in [-0.1, -0.05) is 0 Å². The molecule has 5 nitrogen and oxygen atoms in total. The molecule has 0 bridgehead atoms. The topological polar surface area (TPSA) is 67.6 Å². The van der Waals surface area contributed by atoms with Gasteiger partial charge in [0, 0.05) is 44.7 Å². The lowest BCUT2D eigenvalue weighted by Gasteiger charge is -2.36. The summed E-state index contributed by atoms with van der Waals surface area (Å²) in [5, 5.41) is 3.04. The fourth-order valence-corrected chi connectivity index (χ4v) is 2.73. The zero-order chi connectivity index (χ0) is 13.7. The summed E-state index contributed by atoms with van der Waals surface area (Å²) in [4.78, 5) is 14.2. The summed E-state index contributed by atoms with van der Waals surface area (Å²) in [5.41, 5.74) is 5.84. The average molecular weight is 269 g/mol. The third kappa shape index (κ3) is 4.75. The molecule has 1 saturated carbocycles. The molecule has 2 rings (SSSR count). The van der Waals surface area contributed by atoms with E-state index < -0.39 is 0 Å². The van der Waals surface area contributed by atoms with Gasteiger partial charge in [-0.2, -0.15) is 0 Å². The van der Waals surface area contributed by atoms with Crippen molar-refractivity contribution in [2.75, 3.05) is 26.2 Å². The molecule has 1 aliphatic heterocycles. The predicted octanol–water partition coefficient (Wildman–Crippen LogP) is 0.483. The minimum Gasteiger partial charge on any atom is -0.378 e. The molecule has 2 aliphatic rings. The van der Waals surface area contributed by atoms with Crippen LogP contribution in [0.2, 0.25) is 0 Å². The van der Waals surface area contributed by atoms with Crippen LogP contribution in [0.5, 0.6) is 0 Å². The highest BCUT2D eigenvalue weighted by Gasteiger charge is 2.28. The molecule has 1 heterocycles. The molecule has 1 unspecified atom stereocenters. The van der Waals surface area contributed by atoms with Crippen LogP contribution in [0.1, 0.15) is 39.0 Å². The zero-order valence-electron chi connectivity index (χ0n) is 11.9. The summed E-state index contributed by atoms with van der Waals surface area (Å²) < 4.78 is 5.65. The van der Waals surface area contributed by atoms with E-state index in [1.165, 1.54) is 0 Å². The van der Waals surface area contributed by atoms with Crippen molar-refractivity contribution in [1.82, 2.24) is 10.2 Å². The Kier molecular flexibility index (Phi) is 5.60. The maximum Gasteiger partial charge on any atom is 0.221 e. The van der Waals surface area contributed by atoms with Gasteiger partial charge >= 0.3 is 0 Å². The number of nitrogens with zero attached hydrogens (tertiary/aromatic N) is 1. The summed E-state index contributed by atoms with van der Waals surface area (Å²) in [5.74, 6) is 0.157. The first kappa shape index (κ1) is 14.8. The van der Waals surface area contributed by atoms with Crippen LogP contribution < -0.4 is 11.1 Å². The number of likely N-dealkylation sites (tertiary alicyclic amines) is 1. The SMILES string of the molecule is CCOC1CCN(C(CN)CC(=O)NC2CC2)CC1. The summed E-state index contributed by atoms with van der Waals surface area (Å²) in [6, 6.07) is 0.621. The molecule has 1 aliphatic carbocycles. The van der Waals surface area contributed by atoms with Crippen molar-refractivity contribution < 1.29 is 9.53 Å². The number of carbonyl (C=O) groups excluding carboxylic acids is 1. The van der Waals surface area contributed by atoms with Crippen molar-refractivity contribution in [1.29, 1.82) is 0 Å². The van der Waals surface area contributed by atoms with Gasteiger partial charge in [-0.15, -0.1) is 0 Å². The Hall–Kier alpha value is -0.650. The van der Waals surface area contributed by atoms with Crippen molar-refractivity contribution in [3.8, 4) is 0 Å². The Balaban J connectivity index is 1.73. The van der Waals surface area contributed by atoms with E-state index in [1.807, 2.05) is 6.92 Å². The summed E-state index contributed by atoms with van der Waals surface area (Å²) in [6.45, 7) is 5.36. The second kappa shape index (κ2) is 7.22. The van der Waals surface area contributed by atoms with Gasteiger partial charge in [0.25, 0.3) is 0 Å². The maximum atomic E-state index is 11.9. The van der Waals surface area contributed by atoms with Crippen molar-refractivity contribution in [3.63, 3.8) is 0 Å². The van der Waals surface area contributed by atoms with E-state index >= 15 is 0 Å². The lowest BCUT2D eigenvalue weighted by atomic mass is 10.0. The van der Waals surface area contributed by atoms with Gasteiger partial charge < -0.3 is 15.8 Å². The fourth-order valence-electron chi connectivity index (χ4n) is 2.73. The third-order valence-corrected chi connectivity index (χ3v) is 4.03. The summed E-state index contributed by atoms with van der Waals surface area (Å²) in [7, 11) is 0. The average Bonchev–Trinajstić information content (AvgIpc) is 3.21. The van der Waals surface area contributed by atoms with Gasteiger partial charge in [0.15, 0.2) is 0 Å². The first-order chi connectivity index (χ1) is 9.22. The normalized spacial score (nSPS) is 23.3. The lowest BCUT2D eigenvalue weighted by molar-refractivity contribution is -0.122. The molecule has 1 amide bonds. The Morgan fingerprint density at radius 1 is 1.37 bits per heavy atom. The van der Waals surface area contributed by atoms with Crippen LogP contribution in [0.3, 0.4) is 0 Å². The molecule has 1 saturated heterocycles.